The first-order chi connectivity index (χ1) is 47.7. The molecule has 0 saturated heterocycles. The number of pyridine rings is 2. The summed E-state index contributed by atoms with van der Waals surface area (Å²) in [6, 6.07) is 78.7. The van der Waals surface area contributed by atoms with Crippen LogP contribution in [0.5, 0.6) is 0 Å². The van der Waals surface area contributed by atoms with Crippen LogP contribution in [-0.2, 0) is 27.7 Å². The maximum absolute atomic E-state index is 6.74. The van der Waals surface area contributed by atoms with E-state index in [0.717, 1.165) is 132 Å². The highest BCUT2D eigenvalue weighted by molar-refractivity contribution is 6.17. The van der Waals surface area contributed by atoms with Gasteiger partial charge >= 0.3 is 0 Å². The van der Waals surface area contributed by atoms with Gasteiger partial charge in [-0.15, -0.1) is 0 Å². The van der Waals surface area contributed by atoms with Gasteiger partial charge in [0.2, 0.25) is 0 Å². The monoisotopic (exact) mass is 1280 g/mol. The molecule has 16 aromatic rings. The lowest BCUT2D eigenvalue weighted by Crippen LogP contribution is -2.25. The number of fused-ring (bicyclic) bond motifs is 15. The van der Waals surface area contributed by atoms with Crippen molar-refractivity contribution in [1.82, 2.24) is 28.2 Å². The maximum Gasteiger partial charge on any atom is 0.135 e. The van der Waals surface area contributed by atoms with E-state index in [1.807, 2.05) is 18.5 Å². The third kappa shape index (κ3) is 10.6. The van der Waals surface area contributed by atoms with E-state index in [0.29, 0.717) is 11.8 Å². The predicted molar refractivity (Wildman–Crippen MR) is 409 cm³/mol. The molecule has 98 heavy (non-hydrogen) atoms. The van der Waals surface area contributed by atoms with E-state index in [-0.39, 0.29) is 24.4 Å². The van der Waals surface area contributed by atoms with E-state index >= 15 is 0 Å². The molecule has 0 radical (unpaired) electrons. The summed E-state index contributed by atoms with van der Waals surface area (Å²) in [5, 5.41) is 9.37. The first-order valence-electron chi connectivity index (χ1n) is 35.3. The van der Waals surface area contributed by atoms with E-state index in [1.165, 1.54) is 60.5 Å². The molecule has 1 aliphatic rings. The fraction of sp³-hybridized carbons (Fsp3) is 0.236. The lowest BCUT2D eigenvalue weighted by atomic mass is 9.75. The van der Waals surface area contributed by atoms with E-state index in [9.17, 15) is 0 Å². The summed E-state index contributed by atoms with van der Waals surface area (Å²) in [5.41, 5.74) is 22.7. The van der Waals surface area contributed by atoms with Gasteiger partial charge in [0.15, 0.2) is 0 Å². The highest BCUT2D eigenvalue weighted by Gasteiger charge is 2.34. The van der Waals surface area contributed by atoms with Gasteiger partial charge in [0.25, 0.3) is 0 Å². The molecule has 0 fully saturated rings. The summed E-state index contributed by atoms with van der Waals surface area (Å²) >= 11 is 0. The van der Waals surface area contributed by atoms with Crippen LogP contribution in [0, 0.1) is 11.8 Å². The van der Waals surface area contributed by atoms with Crippen LogP contribution in [0.4, 0.5) is 0 Å². The highest BCUT2D eigenvalue weighted by atomic mass is 16.5. The van der Waals surface area contributed by atoms with Crippen LogP contribution in [0.25, 0.3) is 143 Å². The molecular weight excluding hydrogens is 1200 g/mol. The van der Waals surface area contributed by atoms with Crippen LogP contribution in [0.3, 0.4) is 0 Å². The Labute approximate surface area is 571 Å². The van der Waals surface area contributed by atoms with Crippen LogP contribution >= 0.6 is 0 Å². The van der Waals surface area contributed by atoms with Crippen LogP contribution < -0.4 is 0 Å². The zero-order valence-electron chi connectivity index (χ0n) is 57.4. The number of ether oxygens (including phenoxy) is 2. The summed E-state index contributed by atoms with van der Waals surface area (Å²) in [6.45, 7) is 20.2. The minimum absolute atomic E-state index is 0.0411. The number of hydrogen-bond donors (Lipinski definition) is 0. The van der Waals surface area contributed by atoms with E-state index < -0.39 is 5.41 Å². The second-order valence-electron chi connectivity index (χ2n) is 29.2. The van der Waals surface area contributed by atoms with Crippen molar-refractivity contribution in [2.45, 2.75) is 124 Å². The minimum Gasteiger partial charge on any atom is -0.456 e. The van der Waals surface area contributed by atoms with Gasteiger partial charge in [0, 0.05) is 90.1 Å². The molecule has 0 amide bonds. The molecule has 0 saturated carbocycles. The van der Waals surface area contributed by atoms with Crippen molar-refractivity contribution in [3.05, 3.63) is 254 Å². The summed E-state index contributed by atoms with van der Waals surface area (Å²) in [5.74, 6) is 1.00. The summed E-state index contributed by atoms with van der Waals surface area (Å²) in [4.78, 5) is 10.2. The number of hydrogen-bond acceptors (Lipinski definition) is 5. The molecule has 0 N–H and O–H groups in total. The lowest BCUT2D eigenvalue weighted by molar-refractivity contribution is -0.00302. The van der Waals surface area contributed by atoms with Gasteiger partial charge in [-0.05, 0) is 214 Å². The van der Waals surface area contributed by atoms with Crippen molar-refractivity contribution in [2.24, 2.45) is 11.8 Å². The molecule has 9 nitrogen and oxygen atoms in total. The van der Waals surface area contributed by atoms with Crippen molar-refractivity contribution in [1.29, 1.82) is 0 Å². The zero-order valence-corrected chi connectivity index (χ0v) is 57.4. The van der Waals surface area contributed by atoms with Gasteiger partial charge in [-0.3, -0.25) is 9.97 Å². The first kappa shape index (κ1) is 61.3. The van der Waals surface area contributed by atoms with Gasteiger partial charge in [0.1, 0.15) is 11.2 Å². The Hall–Kier alpha value is -10.3. The molecule has 1 aliphatic carbocycles. The lowest BCUT2D eigenvalue weighted by Gasteiger charge is -2.34. The van der Waals surface area contributed by atoms with Crippen LogP contribution in [-0.4, -0.2) is 52.7 Å². The molecule has 0 aliphatic heterocycles. The van der Waals surface area contributed by atoms with E-state index in [1.54, 1.807) is 0 Å². The number of aromatic nitrogens is 6. The minimum atomic E-state index is -0.470. The fourth-order valence-electron chi connectivity index (χ4n) is 16.6. The van der Waals surface area contributed by atoms with Crippen LogP contribution in [0.2, 0.25) is 0 Å². The molecule has 9 heteroatoms. The topological polar surface area (TPSA) is 77.1 Å². The molecule has 0 spiro atoms. The quantitative estimate of drug-likeness (QED) is 0.0855. The smallest absolute Gasteiger partial charge is 0.135 e. The average Bonchev–Trinajstić information content (AvgIpc) is 1.56. The Morgan fingerprint density at radius 3 is 1.59 bits per heavy atom. The molecule has 3 atom stereocenters. The standard InChI is InChI=1S/C89H82N6O3/c1-54(2)41-66(96-56(5)6)45-58-33-37-84-74(47-58)75-49-61(35-38-85(75)98-84)89(9)52-64(94-76-26-14-10-21-69(76)70-22-11-15-27-77(70)94)51-65(53-89)95-78-28-16-12-23-71(78)73-48-60(34-36-80(73)95)68-25-18-30-81-86(68)88-83(32-20-40-91-88)93(81)63-44-59(46-67(42-55(3)4)97-57(7)8)43-62(50-63)92-79-29-17-13-24-72(79)87-82(92)31-19-39-90-87/h10-40,43-44,47-52,54-57,66-67H,41-42,45-46,53H2,1-9H3. The van der Waals surface area contributed by atoms with Gasteiger partial charge < -0.3 is 32.2 Å². The molecule has 0 bridgehead atoms. The Bertz CT molecular complexity index is 5750. The Balaban J connectivity index is 0.824. The van der Waals surface area contributed by atoms with Crippen molar-refractivity contribution in [3.8, 4) is 22.5 Å². The summed E-state index contributed by atoms with van der Waals surface area (Å²) in [7, 11) is 0. The van der Waals surface area contributed by atoms with E-state index in [2.05, 4.69) is 299 Å². The normalized spacial score (nSPS) is 15.4. The second kappa shape index (κ2) is 24.3. The Kier molecular flexibility index (Phi) is 15.2. The van der Waals surface area contributed by atoms with Gasteiger partial charge in [-0.25, -0.2) is 0 Å². The van der Waals surface area contributed by atoms with Crippen molar-refractivity contribution < 1.29 is 13.9 Å². The van der Waals surface area contributed by atoms with Crippen LogP contribution in [0.15, 0.2) is 241 Å². The zero-order chi connectivity index (χ0) is 66.7. The third-order valence-corrected chi connectivity index (χ3v) is 20.4. The summed E-state index contributed by atoms with van der Waals surface area (Å²) < 4.78 is 29.8. The Morgan fingerprint density at radius 2 is 0.949 bits per heavy atom. The van der Waals surface area contributed by atoms with Crippen molar-refractivity contribution in [2.75, 3.05) is 0 Å². The van der Waals surface area contributed by atoms with E-state index in [4.69, 9.17) is 23.9 Å². The van der Waals surface area contributed by atoms with Crippen molar-refractivity contribution >= 4 is 121 Å². The molecular formula is C89H82N6O3. The molecule has 17 rings (SSSR count). The predicted octanol–water partition coefficient (Wildman–Crippen LogP) is 23.0. The largest absolute Gasteiger partial charge is 0.456 e. The van der Waals surface area contributed by atoms with Gasteiger partial charge in [-0.1, -0.05) is 138 Å². The second-order valence-corrected chi connectivity index (χ2v) is 29.2. The molecule has 9 aromatic carbocycles. The molecule has 7 aromatic heterocycles. The number of para-hydroxylation sites is 4. The van der Waals surface area contributed by atoms with Crippen molar-refractivity contribution in [3.63, 3.8) is 0 Å². The van der Waals surface area contributed by atoms with Crippen LogP contribution in [0.1, 0.15) is 98.3 Å². The number of rotatable bonds is 18. The maximum atomic E-state index is 6.74. The number of nitrogens with zero attached hydrogens (tertiary/aromatic N) is 6. The average molecular weight is 1280 g/mol. The molecule has 486 valence electrons. The highest BCUT2D eigenvalue weighted by Crippen LogP contribution is 2.48. The number of allylic oxidation sites excluding steroid dienone is 4. The Morgan fingerprint density at radius 1 is 0.429 bits per heavy atom. The van der Waals surface area contributed by atoms with Gasteiger partial charge in [-0.2, -0.15) is 0 Å². The first-order valence-corrected chi connectivity index (χ1v) is 35.3. The summed E-state index contributed by atoms with van der Waals surface area (Å²) in [6.07, 6.45) is 13.6. The number of benzene rings is 9. The SMILES string of the molecule is CC(C)CC(Cc1cc(-n2c3ccccc3c3ncccc32)cc(-n2c3cccnc3c3c(-c4ccc5c(c4)c4ccccc4n5C4=CC(n5c6ccccc6c6ccccc65)=CC(C)(c5ccc6oc7ccc(CC(CC(C)C)OC(C)C)cc7c6c5)C4)cccc32)c1)OC(C)C. The van der Waals surface area contributed by atoms with Gasteiger partial charge in [0.05, 0.1) is 79.6 Å². The molecule has 7 heterocycles. The molecule has 3 unspecified atom stereocenters. The fourth-order valence-corrected chi connectivity index (χ4v) is 16.6. The third-order valence-electron chi connectivity index (χ3n) is 20.4. The number of furan rings is 1.